The van der Waals surface area contributed by atoms with Gasteiger partial charge in [-0.25, -0.2) is 0 Å². The number of benzene rings is 5. The summed E-state index contributed by atoms with van der Waals surface area (Å²) < 4.78 is 11.4. The van der Waals surface area contributed by atoms with Crippen molar-refractivity contribution in [1.29, 1.82) is 0 Å². The lowest BCUT2D eigenvalue weighted by atomic mass is 9.84. The zero-order valence-electron chi connectivity index (χ0n) is 21.1. The Morgan fingerprint density at radius 3 is 1.42 bits per heavy atom. The van der Waals surface area contributed by atoms with Crippen molar-refractivity contribution in [2.75, 3.05) is 14.2 Å². The second-order valence-corrected chi connectivity index (χ2v) is 9.13. The van der Waals surface area contributed by atoms with Crippen molar-refractivity contribution in [2.45, 2.75) is 6.54 Å². The molecule has 6 rings (SSSR count). The summed E-state index contributed by atoms with van der Waals surface area (Å²) in [6, 6.07) is 32.7. The quantitative estimate of drug-likeness (QED) is 0.236. The molecule has 0 bridgehead atoms. The number of imide groups is 1. The molecule has 2 amide bonds. The summed E-state index contributed by atoms with van der Waals surface area (Å²) in [5, 5.41) is 1.72. The summed E-state index contributed by atoms with van der Waals surface area (Å²) in [4.78, 5) is 29.8. The molecule has 0 fully saturated rings. The minimum Gasteiger partial charge on any atom is -0.496 e. The summed E-state index contributed by atoms with van der Waals surface area (Å²) in [7, 11) is 3.22. The molecule has 186 valence electrons. The molecule has 5 aromatic carbocycles. The molecule has 1 aliphatic rings. The van der Waals surface area contributed by atoms with Gasteiger partial charge in [0.2, 0.25) is 0 Å². The normalized spacial score (nSPS) is 12.6. The first kappa shape index (κ1) is 23.5. The number of amides is 2. The van der Waals surface area contributed by atoms with Crippen molar-refractivity contribution in [2.24, 2.45) is 0 Å². The lowest BCUT2D eigenvalue weighted by molar-refractivity contribution is 0.0643. The zero-order valence-corrected chi connectivity index (χ0v) is 21.1. The number of carbonyl (C=O) groups excluding carboxylic acids is 2. The van der Waals surface area contributed by atoms with Gasteiger partial charge >= 0.3 is 0 Å². The predicted molar refractivity (Wildman–Crippen MR) is 149 cm³/mol. The third-order valence-electron chi connectivity index (χ3n) is 7.07. The van der Waals surface area contributed by atoms with Crippen LogP contribution in [-0.4, -0.2) is 30.9 Å². The molecular formula is C33H25NO4. The van der Waals surface area contributed by atoms with Gasteiger partial charge in [0.1, 0.15) is 11.5 Å². The highest BCUT2D eigenvalue weighted by atomic mass is 16.5. The van der Waals surface area contributed by atoms with Gasteiger partial charge in [-0.2, -0.15) is 0 Å². The highest BCUT2D eigenvalue weighted by Crippen LogP contribution is 2.49. The van der Waals surface area contributed by atoms with E-state index in [1.807, 2.05) is 103 Å². The smallest absolute Gasteiger partial charge is 0.262 e. The molecule has 0 spiro atoms. The second kappa shape index (κ2) is 9.52. The summed E-state index contributed by atoms with van der Waals surface area (Å²) >= 11 is 0. The Kier molecular flexibility index (Phi) is 5.89. The van der Waals surface area contributed by atoms with Crippen molar-refractivity contribution >= 4 is 22.6 Å². The number of hydrogen-bond acceptors (Lipinski definition) is 4. The van der Waals surface area contributed by atoms with Gasteiger partial charge < -0.3 is 9.47 Å². The average Bonchev–Trinajstić information content (AvgIpc) is 3.21. The van der Waals surface area contributed by atoms with Crippen molar-refractivity contribution in [3.05, 3.63) is 120 Å². The fourth-order valence-corrected chi connectivity index (χ4v) is 5.40. The van der Waals surface area contributed by atoms with Gasteiger partial charge in [0.25, 0.3) is 11.8 Å². The second-order valence-electron chi connectivity index (χ2n) is 9.13. The molecule has 0 atom stereocenters. The molecule has 0 N–H and O–H groups in total. The van der Waals surface area contributed by atoms with Crippen LogP contribution in [-0.2, 0) is 6.54 Å². The zero-order chi connectivity index (χ0) is 26.2. The molecule has 1 aliphatic heterocycles. The Labute approximate surface area is 220 Å². The maximum Gasteiger partial charge on any atom is 0.262 e. The van der Waals surface area contributed by atoms with Crippen LogP contribution in [0.4, 0.5) is 0 Å². The van der Waals surface area contributed by atoms with E-state index in [0.29, 0.717) is 33.8 Å². The van der Waals surface area contributed by atoms with E-state index in [1.165, 1.54) is 4.90 Å². The monoisotopic (exact) mass is 499 g/mol. The molecule has 0 unspecified atom stereocenters. The van der Waals surface area contributed by atoms with Crippen LogP contribution in [0.25, 0.3) is 33.0 Å². The first-order valence-corrected chi connectivity index (χ1v) is 12.4. The topological polar surface area (TPSA) is 55.8 Å². The molecule has 38 heavy (non-hydrogen) atoms. The van der Waals surface area contributed by atoms with E-state index in [-0.39, 0.29) is 18.4 Å². The standard InChI is InChI=1S/C33H25NO4/c1-37-26-18-10-8-16-24(26)28-22-14-6-7-15-23(22)29(25-17-9-11-19-27(25)38-2)31-30(28)32(35)34(33(31)36)20-21-12-4-3-5-13-21/h3-19H,20H2,1-2H3. The Morgan fingerprint density at radius 1 is 0.526 bits per heavy atom. The number of methoxy groups -OCH3 is 2. The maximum absolute atomic E-state index is 14.2. The number of rotatable bonds is 6. The van der Waals surface area contributed by atoms with Crippen LogP contribution in [0.3, 0.4) is 0 Å². The largest absolute Gasteiger partial charge is 0.496 e. The lowest BCUT2D eigenvalue weighted by Gasteiger charge is -2.19. The van der Waals surface area contributed by atoms with Gasteiger partial charge in [0, 0.05) is 22.3 Å². The van der Waals surface area contributed by atoms with E-state index in [4.69, 9.17) is 9.47 Å². The van der Waals surface area contributed by atoms with Gasteiger partial charge in [-0.15, -0.1) is 0 Å². The molecular weight excluding hydrogens is 474 g/mol. The lowest BCUT2D eigenvalue weighted by Crippen LogP contribution is -2.29. The number of ether oxygens (including phenoxy) is 2. The fraction of sp³-hybridized carbons (Fsp3) is 0.0909. The number of fused-ring (bicyclic) bond motifs is 2. The molecule has 0 aliphatic carbocycles. The van der Waals surface area contributed by atoms with Crippen LogP contribution < -0.4 is 9.47 Å². The molecule has 0 radical (unpaired) electrons. The molecule has 0 aromatic heterocycles. The number of hydrogen-bond donors (Lipinski definition) is 0. The van der Waals surface area contributed by atoms with E-state index in [0.717, 1.165) is 27.5 Å². The van der Waals surface area contributed by atoms with Crippen LogP contribution in [0.1, 0.15) is 26.3 Å². The van der Waals surface area contributed by atoms with E-state index < -0.39 is 0 Å². The Balaban J connectivity index is 1.73. The third-order valence-corrected chi connectivity index (χ3v) is 7.07. The number of para-hydroxylation sites is 2. The van der Waals surface area contributed by atoms with Crippen molar-refractivity contribution < 1.29 is 19.1 Å². The van der Waals surface area contributed by atoms with E-state index in [2.05, 4.69) is 0 Å². The molecule has 1 heterocycles. The first-order chi connectivity index (χ1) is 18.6. The summed E-state index contributed by atoms with van der Waals surface area (Å²) in [5.74, 6) is 0.617. The van der Waals surface area contributed by atoms with Gasteiger partial charge in [-0.05, 0) is 28.5 Å². The average molecular weight is 500 g/mol. The van der Waals surface area contributed by atoms with E-state index in [1.54, 1.807) is 14.2 Å². The highest BCUT2D eigenvalue weighted by molar-refractivity contribution is 6.31. The van der Waals surface area contributed by atoms with Gasteiger partial charge in [-0.1, -0.05) is 91.0 Å². The molecule has 0 saturated carbocycles. The third kappa shape index (κ3) is 3.63. The minimum atomic E-state index is -0.323. The van der Waals surface area contributed by atoms with Crippen LogP contribution in [0.5, 0.6) is 11.5 Å². The van der Waals surface area contributed by atoms with Crippen molar-refractivity contribution in [1.82, 2.24) is 4.90 Å². The van der Waals surface area contributed by atoms with E-state index in [9.17, 15) is 9.59 Å². The van der Waals surface area contributed by atoms with Crippen molar-refractivity contribution in [3.8, 4) is 33.8 Å². The van der Waals surface area contributed by atoms with Gasteiger partial charge in [0.15, 0.2) is 0 Å². The molecule has 5 aromatic rings. The molecule has 5 nitrogen and oxygen atoms in total. The number of nitrogens with zero attached hydrogens (tertiary/aromatic N) is 1. The Morgan fingerprint density at radius 2 is 0.947 bits per heavy atom. The number of carbonyl (C=O) groups is 2. The summed E-state index contributed by atoms with van der Waals surface area (Å²) in [5.41, 5.74) is 4.56. The van der Waals surface area contributed by atoms with Crippen LogP contribution in [0.15, 0.2) is 103 Å². The fourth-order valence-electron chi connectivity index (χ4n) is 5.40. The van der Waals surface area contributed by atoms with Crippen LogP contribution in [0.2, 0.25) is 0 Å². The maximum atomic E-state index is 14.2. The summed E-state index contributed by atoms with van der Waals surface area (Å²) in [6.45, 7) is 0.181. The van der Waals surface area contributed by atoms with E-state index >= 15 is 0 Å². The van der Waals surface area contributed by atoms with Crippen LogP contribution in [0, 0.1) is 0 Å². The highest BCUT2D eigenvalue weighted by Gasteiger charge is 2.42. The Bertz CT molecular complexity index is 1600. The van der Waals surface area contributed by atoms with Gasteiger partial charge in [-0.3, -0.25) is 14.5 Å². The first-order valence-electron chi connectivity index (χ1n) is 12.4. The van der Waals surface area contributed by atoms with Crippen LogP contribution >= 0.6 is 0 Å². The summed E-state index contributed by atoms with van der Waals surface area (Å²) in [6.07, 6.45) is 0. The van der Waals surface area contributed by atoms with Gasteiger partial charge in [0.05, 0.1) is 31.9 Å². The minimum absolute atomic E-state index is 0.181. The molecule has 5 heteroatoms. The predicted octanol–water partition coefficient (Wildman–Crippen LogP) is 6.99. The van der Waals surface area contributed by atoms with Crippen molar-refractivity contribution in [3.63, 3.8) is 0 Å². The SMILES string of the molecule is COc1ccccc1-c1c2c(c(-c3ccccc3OC)c3ccccc13)C(=O)N(Cc1ccccc1)C2=O. The molecule has 0 saturated heterocycles. The Hall–Kier alpha value is -4.90.